The highest BCUT2D eigenvalue weighted by Crippen LogP contribution is 2.13. The molecular weight excluding hydrogens is 250 g/mol. The Labute approximate surface area is 119 Å². The maximum atomic E-state index is 10.8. The number of hydrogen-bond acceptors (Lipinski definition) is 2. The van der Waals surface area contributed by atoms with E-state index in [1.807, 2.05) is 18.2 Å². The Bertz CT molecular complexity index is 549. The lowest BCUT2D eigenvalue weighted by atomic mass is 10.0. The van der Waals surface area contributed by atoms with Crippen LogP contribution in [0.5, 0.6) is 0 Å². The lowest BCUT2D eigenvalue weighted by Gasteiger charge is -2.13. The Kier molecular flexibility index (Phi) is 4.91. The van der Waals surface area contributed by atoms with Gasteiger partial charge in [0.15, 0.2) is 0 Å². The van der Waals surface area contributed by atoms with Crippen molar-refractivity contribution in [2.75, 3.05) is 6.54 Å². The lowest BCUT2D eigenvalue weighted by Crippen LogP contribution is -2.19. The SMILES string of the molecule is C[C@H](CNCc1ccc(C(=O)O)cc1)c1ccccc1. The molecule has 3 heteroatoms. The first-order chi connectivity index (χ1) is 9.66. The van der Waals surface area contributed by atoms with Crippen LogP contribution in [0.3, 0.4) is 0 Å². The molecule has 20 heavy (non-hydrogen) atoms. The van der Waals surface area contributed by atoms with Crippen molar-refractivity contribution in [2.24, 2.45) is 0 Å². The van der Waals surface area contributed by atoms with Gasteiger partial charge < -0.3 is 10.4 Å². The minimum Gasteiger partial charge on any atom is -0.478 e. The fourth-order valence-electron chi connectivity index (χ4n) is 2.10. The molecule has 2 rings (SSSR count). The van der Waals surface area contributed by atoms with Crippen LogP contribution in [-0.2, 0) is 6.54 Å². The maximum Gasteiger partial charge on any atom is 0.335 e. The van der Waals surface area contributed by atoms with E-state index in [4.69, 9.17) is 5.11 Å². The van der Waals surface area contributed by atoms with E-state index in [0.29, 0.717) is 11.5 Å². The van der Waals surface area contributed by atoms with Crippen LogP contribution >= 0.6 is 0 Å². The molecule has 2 aromatic rings. The Hall–Kier alpha value is -2.13. The van der Waals surface area contributed by atoms with E-state index in [1.165, 1.54) is 5.56 Å². The first kappa shape index (κ1) is 14.3. The topological polar surface area (TPSA) is 49.3 Å². The van der Waals surface area contributed by atoms with Crippen LogP contribution in [0.15, 0.2) is 54.6 Å². The van der Waals surface area contributed by atoms with E-state index in [-0.39, 0.29) is 0 Å². The Balaban J connectivity index is 1.82. The summed E-state index contributed by atoms with van der Waals surface area (Å²) in [6, 6.07) is 17.4. The second-order valence-electron chi connectivity index (χ2n) is 4.94. The zero-order valence-corrected chi connectivity index (χ0v) is 11.5. The van der Waals surface area contributed by atoms with E-state index in [0.717, 1.165) is 18.7 Å². The van der Waals surface area contributed by atoms with Crippen molar-refractivity contribution in [3.8, 4) is 0 Å². The van der Waals surface area contributed by atoms with Crippen LogP contribution in [0.4, 0.5) is 0 Å². The quantitative estimate of drug-likeness (QED) is 0.846. The van der Waals surface area contributed by atoms with E-state index in [9.17, 15) is 4.79 Å². The van der Waals surface area contributed by atoms with E-state index >= 15 is 0 Å². The molecule has 0 heterocycles. The molecule has 0 aliphatic rings. The van der Waals surface area contributed by atoms with Gasteiger partial charge in [-0.2, -0.15) is 0 Å². The first-order valence-corrected chi connectivity index (χ1v) is 6.74. The smallest absolute Gasteiger partial charge is 0.335 e. The summed E-state index contributed by atoms with van der Waals surface area (Å²) >= 11 is 0. The maximum absolute atomic E-state index is 10.8. The van der Waals surface area contributed by atoms with E-state index in [1.54, 1.807) is 12.1 Å². The molecule has 0 saturated carbocycles. The predicted octanol–water partition coefficient (Wildman–Crippen LogP) is 3.28. The number of carboxylic acids is 1. The summed E-state index contributed by atoms with van der Waals surface area (Å²) in [5, 5.41) is 12.2. The highest BCUT2D eigenvalue weighted by molar-refractivity contribution is 5.87. The minimum atomic E-state index is -0.887. The molecule has 2 N–H and O–H groups in total. The molecule has 2 aromatic carbocycles. The summed E-state index contributed by atoms with van der Waals surface area (Å²) in [6.07, 6.45) is 0. The van der Waals surface area contributed by atoms with Crippen LogP contribution < -0.4 is 5.32 Å². The molecule has 0 unspecified atom stereocenters. The van der Waals surface area contributed by atoms with Gasteiger partial charge in [0.05, 0.1) is 5.56 Å². The highest BCUT2D eigenvalue weighted by atomic mass is 16.4. The highest BCUT2D eigenvalue weighted by Gasteiger charge is 2.05. The van der Waals surface area contributed by atoms with Crippen LogP contribution in [0.2, 0.25) is 0 Å². The summed E-state index contributed by atoms with van der Waals surface area (Å²) in [6.45, 7) is 3.83. The fraction of sp³-hybridized carbons (Fsp3) is 0.235. The van der Waals surface area contributed by atoms with Crippen LogP contribution in [0.1, 0.15) is 34.3 Å². The Morgan fingerprint density at radius 2 is 1.75 bits per heavy atom. The number of nitrogens with one attached hydrogen (secondary N) is 1. The van der Waals surface area contributed by atoms with Crippen molar-refractivity contribution in [3.63, 3.8) is 0 Å². The van der Waals surface area contributed by atoms with Gasteiger partial charge >= 0.3 is 5.97 Å². The fourth-order valence-corrected chi connectivity index (χ4v) is 2.10. The number of carbonyl (C=O) groups is 1. The third-order valence-electron chi connectivity index (χ3n) is 3.35. The van der Waals surface area contributed by atoms with Crippen molar-refractivity contribution in [2.45, 2.75) is 19.4 Å². The summed E-state index contributed by atoms with van der Waals surface area (Å²) in [5.74, 6) is -0.434. The predicted molar refractivity (Wildman–Crippen MR) is 80.0 cm³/mol. The van der Waals surface area contributed by atoms with Crippen molar-refractivity contribution in [1.29, 1.82) is 0 Å². The largest absolute Gasteiger partial charge is 0.478 e. The number of aromatic carboxylic acids is 1. The van der Waals surface area contributed by atoms with Crippen LogP contribution in [-0.4, -0.2) is 17.6 Å². The Morgan fingerprint density at radius 1 is 1.10 bits per heavy atom. The van der Waals surface area contributed by atoms with Crippen molar-refractivity contribution in [3.05, 3.63) is 71.3 Å². The third-order valence-corrected chi connectivity index (χ3v) is 3.35. The average molecular weight is 269 g/mol. The molecule has 3 nitrogen and oxygen atoms in total. The third kappa shape index (κ3) is 3.93. The molecule has 0 aromatic heterocycles. The van der Waals surface area contributed by atoms with Gasteiger partial charge in [0.25, 0.3) is 0 Å². The summed E-state index contributed by atoms with van der Waals surface area (Å²) in [4.78, 5) is 10.8. The summed E-state index contributed by atoms with van der Waals surface area (Å²) < 4.78 is 0. The van der Waals surface area contributed by atoms with Gasteiger partial charge in [0, 0.05) is 13.1 Å². The normalized spacial score (nSPS) is 12.1. The molecule has 104 valence electrons. The summed E-state index contributed by atoms with van der Waals surface area (Å²) in [5.41, 5.74) is 2.74. The molecule has 0 spiro atoms. The zero-order chi connectivity index (χ0) is 14.4. The van der Waals surface area contributed by atoms with Gasteiger partial charge in [-0.1, -0.05) is 49.4 Å². The van der Waals surface area contributed by atoms with Gasteiger partial charge in [0.1, 0.15) is 0 Å². The zero-order valence-electron chi connectivity index (χ0n) is 11.5. The average Bonchev–Trinajstić information content (AvgIpc) is 2.48. The van der Waals surface area contributed by atoms with Gasteiger partial charge in [-0.05, 0) is 29.2 Å². The van der Waals surface area contributed by atoms with E-state index in [2.05, 4.69) is 36.5 Å². The summed E-state index contributed by atoms with van der Waals surface area (Å²) in [7, 11) is 0. The monoisotopic (exact) mass is 269 g/mol. The second-order valence-corrected chi connectivity index (χ2v) is 4.94. The molecular formula is C17H19NO2. The second kappa shape index (κ2) is 6.87. The number of carboxylic acid groups (broad SMARTS) is 1. The molecule has 0 aliphatic carbocycles. The number of hydrogen-bond donors (Lipinski definition) is 2. The molecule has 0 radical (unpaired) electrons. The van der Waals surface area contributed by atoms with Gasteiger partial charge in [-0.3, -0.25) is 0 Å². The molecule has 0 aliphatic heterocycles. The molecule has 0 fully saturated rings. The molecule has 0 bridgehead atoms. The molecule has 0 amide bonds. The Morgan fingerprint density at radius 3 is 2.35 bits per heavy atom. The molecule has 0 saturated heterocycles. The van der Waals surface area contributed by atoms with Crippen molar-refractivity contribution in [1.82, 2.24) is 5.32 Å². The standard InChI is InChI=1S/C17H19NO2/c1-13(15-5-3-2-4-6-15)11-18-12-14-7-9-16(10-8-14)17(19)20/h2-10,13,18H,11-12H2,1H3,(H,19,20)/t13-/m1/s1. The van der Waals surface area contributed by atoms with Gasteiger partial charge in [0.2, 0.25) is 0 Å². The van der Waals surface area contributed by atoms with Crippen molar-refractivity contribution >= 4 is 5.97 Å². The van der Waals surface area contributed by atoms with Gasteiger partial charge in [-0.25, -0.2) is 4.79 Å². The molecule has 1 atom stereocenters. The van der Waals surface area contributed by atoms with E-state index < -0.39 is 5.97 Å². The first-order valence-electron chi connectivity index (χ1n) is 6.74. The number of rotatable bonds is 6. The minimum absolute atomic E-state index is 0.325. The van der Waals surface area contributed by atoms with Gasteiger partial charge in [-0.15, -0.1) is 0 Å². The number of benzene rings is 2. The lowest BCUT2D eigenvalue weighted by molar-refractivity contribution is 0.0697. The van der Waals surface area contributed by atoms with Crippen LogP contribution in [0.25, 0.3) is 0 Å². The van der Waals surface area contributed by atoms with Crippen molar-refractivity contribution < 1.29 is 9.90 Å². The van der Waals surface area contributed by atoms with Crippen LogP contribution in [0, 0.1) is 0 Å².